The Morgan fingerprint density at radius 2 is 2.00 bits per heavy atom. The molecule has 0 amide bonds. The van der Waals surface area contributed by atoms with E-state index in [1.165, 1.54) is 0 Å². The summed E-state index contributed by atoms with van der Waals surface area (Å²) in [6.07, 6.45) is 2.49. The first-order chi connectivity index (χ1) is 9.93. The predicted molar refractivity (Wildman–Crippen MR) is 80.1 cm³/mol. The van der Waals surface area contributed by atoms with Crippen molar-refractivity contribution in [3.05, 3.63) is 16.8 Å². The van der Waals surface area contributed by atoms with Crippen LogP contribution < -0.4 is 5.32 Å². The number of carbonyl (C=O) groups is 1. The van der Waals surface area contributed by atoms with E-state index in [2.05, 4.69) is 21.6 Å². The fourth-order valence-corrected chi connectivity index (χ4v) is 2.37. The Morgan fingerprint density at radius 3 is 2.43 bits per heavy atom. The van der Waals surface area contributed by atoms with E-state index in [9.17, 15) is 15.2 Å². The van der Waals surface area contributed by atoms with E-state index in [0.717, 1.165) is 11.3 Å². The van der Waals surface area contributed by atoms with Crippen molar-refractivity contribution in [1.82, 2.24) is 10.2 Å². The molecule has 6 nitrogen and oxygen atoms in total. The molecule has 0 radical (unpaired) electrons. The first-order valence-corrected chi connectivity index (χ1v) is 7.23. The van der Waals surface area contributed by atoms with Crippen molar-refractivity contribution < 1.29 is 9.90 Å². The van der Waals surface area contributed by atoms with Gasteiger partial charge in [0.25, 0.3) is 0 Å². The zero-order chi connectivity index (χ0) is 16.0. The highest BCUT2D eigenvalue weighted by atomic mass is 16.4. The maximum atomic E-state index is 11.5. The van der Waals surface area contributed by atoms with Gasteiger partial charge in [0.05, 0.1) is 5.69 Å². The number of nitrogens with one attached hydrogen (secondary N) is 1. The average molecular weight is 290 g/mol. The molecule has 0 aliphatic rings. The molecule has 6 heteroatoms. The molecule has 1 unspecified atom stereocenters. The average Bonchev–Trinajstić information content (AvgIpc) is 2.46. The molecule has 0 fully saturated rings. The van der Waals surface area contributed by atoms with Crippen molar-refractivity contribution in [2.24, 2.45) is 0 Å². The number of hydrogen-bond donors (Lipinski definition) is 2. The van der Waals surface area contributed by atoms with Gasteiger partial charge in [-0.15, -0.1) is 5.10 Å². The van der Waals surface area contributed by atoms with Gasteiger partial charge in [-0.1, -0.05) is 27.2 Å². The molecule has 1 aromatic rings. The largest absolute Gasteiger partial charge is 0.480 e. The van der Waals surface area contributed by atoms with Crippen molar-refractivity contribution in [3.63, 3.8) is 0 Å². The zero-order valence-corrected chi connectivity index (χ0v) is 13.0. The van der Waals surface area contributed by atoms with E-state index >= 15 is 0 Å². The second-order valence-electron chi connectivity index (χ2n) is 5.18. The second-order valence-corrected chi connectivity index (χ2v) is 5.18. The summed E-state index contributed by atoms with van der Waals surface area (Å²) < 4.78 is 0. The number of hydrogen-bond acceptors (Lipinski definition) is 5. The second kappa shape index (κ2) is 7.02. The number of anilines is 1. The molecule has 0 spiro atoms. The van der Waals surface area contributed by atoms with Gasteiger partial charge >= 0.3 is 5.97 Å². The van der Waals surface area contributed by atoms with Gasteiger partial charge in [0.15, 0.2) is 5.82 Å². The van der Waals surface area contributed by atoms with Gasteiger partial charge in [0.2, 0.25) is 0 Å². The third-order valence-corrected chi connectivity index (χ3v) is 3.57. The van der Waals surface area contributed by atoms with E-state index in [1.54, 1.807) is 6.92 Å². The van der Waals surface area contributed by atoms with Crippen molar-refractivity contribution in [1.29, 1.82) is 5.26 Å². The molecule has 1 aromatic heterocycles. The van der Waals surface area contributed by atoms with Crippen molar-refractivity contribution in [2.45, 2.75) is 58.9 Å². The van der Waals surface area contributed by atoms with E-state index < -0.39 is 11.5 Å². The van der Waals surface area contributed by atoms with E-state index in [4.69, 9.17) is 0 Å². The van der Waals surface area contributed by atoms with Gasteiger partial charge < -0.3 is 10.4 Å². The molecule has 0 saturated carbocycles. The number of aliphatic carboxylic acids is 1. The highest BCUT2D eigenvalue weighted by Crippen LogP contribution is 2.25. The summed E-state index contributed by atoms with van der Waals surface area (Å²) in [6, 6.07) is 2.14. The Morgan fingerprint density at radius 1 is 1.33 bits per heavy atom. The standard InChI is InChI=1S/C15H22N4O2/c1-5-8-15(4,14(20)21)17-13-11(9-16)10(6-2)12(7-3)18-19-13/h5-8H2,1-4H3,(H,17,19)(H,20,21). The van der Waals surface area contributed by atoms with E-state index in [0.29, 0.717) is 31.2 Å². The summed E-state index contributed by atoms with van der Waals surface area (Å²) in [5, 5.41) is 29.9. The number of rotatable bonds is 7. The molecular formula is C15H22N4O2. The number of nitriles is 1. The molecule has 2 N–H and O–H groups in total. The van der Waals surface area contributed by atoms with Crippen LogP contribution in [-0.4, -0.2) is 26.8 Å². The SMILES string of the molecule is CCCC(C)(Nc1nnc(CC)c(CC)c1C#N)C(=O)O. The van der Waals surface area contributed by atoms with Crippen LogP contribution in [0.4, 0.5) is 5.82 Å². The number of aromatic nitrogens is 2. The van der Waals surface area contributed by atoms with Crippen LogP contribution in [0.2, 0.25) is 0 Å². The van der Waals surface area contributed by atoms with Gasteiger partial charge in [0, 0.05) is 0 Å². The van der Waals surface area contributed by atoms with Crippen LogP contribution in [0.15, 0.2) is 0 Å². The Labute approximate surface area is 125 Å². The van der Waals surface area contributed by atoms with Crippen LogP contribution >= 0.6 is 0 Å². The number of carboxylic acids is 1. The third kappa shape index (κ3) is 3.48. The Bertz CT molecular complexity index is 566. The lowest BCUT2D eigenvalue weighted by Gasteiger charge is -2.27. The van der Waals surface area contributed by atoms with Crippen LogP contribution in [0.3, 0.4) is 0 Å². The van der Waals surface area contributed by atoms with Crippen molar-refractivity contribution in [2.75, 3.05) is 5.32 Å². The van der Waals surface area contributed by atoms with Crippen LogP contribution in [0.5, 0.6) is 0 Å². The van der Waals surface area contributed by atoms with Crippen LogP contribution in [0.1, 0.15) is 57.4 Å². The Hall–Kier alpha value is -2.16. The topological polar surface area (TPSA) is 98.9 Å². The molecule has 0 bridgehead atoms. The molecule has 1 atom stereocenters. The normalized spacial score (nSPS) is 13.3. The summed E-state index contributed by atoms with van der Waals surface area (Å²) in [6.45, 7) is 7.41. The van der Waals surface area contributed by atoms with Crippen LogP contribution in [-0.2, 0) is 17.6 Å². The van der Waals surface area contributed by atoms with Gasteiger partial charge in [0.1, 0.15) is 17.2 Å². The molecule has 0 aliphatic carbocycles. The minimum Gasteiger partial charge on any atom is -0.480 e. The van der Waals surface area contributed by atoms with E-state index in [-0.39, 0.29) is 5.82 Å². The molecule has 114 valence electrons. The van der Waals surface area contributed by atoms with Crippen LogP contribution in [0.25, 0.3) is 0 Å². The number of carboxylic acid groups (broad SMARTS) is 1. The predicted octanol–water partition coefficient (Wildman–Crippen LogP) is 2.53. The molecule has 0 aliphatic heterocycles. The molecule has 21 heavy (non-hydrogen) atoms. The minimum atomic E-state index is -1.16. The van der Waals surface area contributed by atoms with Crippen molar-refractivity contribution >= 4 is 11.8 Å². The summed E-state index contributed by atoms with van der Waals surface area (Å²) in [5.41, 5.74) is 0.857. The smallest absolute Gasteiger partial charge is 0.329 e. The number of nitrogens with zero attached hydrogens (tertiary/aromatic N) is 3. The van der Waals surface area contributed by atoms with Gasteiger partial charge in [-0.2, -0.15) is 10.4 Å². The van der Waals surface area contributed by atoms with Gasteiger partial charge in [-0.05, 0) is 31.7 Å². The fourth-order valence-electron chi connectivity index (χ4n) is 2.37. The van der Waals surface area contributed by atoms with Gasteiger partial charge in [-0.3, -0.25) is 0 Å². The summed E-state index contributed by atoms with van der Waals surface area (Å²) in [5.74, 6) is -0.711. The molecule has 1 rings (SSSR count). The monoisotopic (exact) mass is 290 g/mol. The molecule has 0 saturated heterocycles. The lowest BCUT2D eigenvalue weighted by Crippen LogP contribution is -2.43. The van der Waals surface area contributed by atoms with Crippen molar-refractivity contribution in [3.8, 4) is 6.07 Å². The highest BCUT2D eigenvalue weighted by molar-refractivity contribution is 5.82. The fraction of sp³-hybridized carbons (Fsp3) is 0.600. The van der Waals surface area contributed by atoms with E-state index in [1.807, 2.05) is 20.8 Å². The molecular weight excluding hydrogens is 268 g/mol. The Balaban J connectivity index is 3.31. The molecule has 1 heterocycles. The lowest BCUT2D eigenvalue weighted by molar-refractivity contribution is -0.142. The third-order valence-electron chi connectivity index (χ3n) is 3.57. The van der Waals surface area contributed by atoms with Crippen LogP contribution in [0, 0.1) is 11.3 Å². The highest BCUT2D eigenvalue weighted by Gasteiger charge is 2.33. The first kappa shape index (κ1) is 16.9. The van der Waals surface area contributed by atoms with Gasteiger partial charge in [-0.25, -0.2) is 4.79 Å². The first-order valence-electron chi connectivity index (χ1n) is 7.23. The lowest BCUT2D eigenvalue weighted by atomic mass is 9.95. The zero-order valence-electron chi connectivity index (χ0n) is 13.0. The minimum absolute atomic E-state index is 0.255. The maximum absolute atomic E-state index is 11.5. The maximum Gasteiger partial charge on any atom is 0.329 e. The Kier molecular flexibility index (Phi) is 5.65. The summed E-state index contributed by atoms with van der Waals surface area (Å²) in [4.78, 5) is 11.5. The molecule has 0 aromatic carbocycles. The number of aryl methyl sites for hydroxylation is 1. The summed E-state index contributed by atoms with van der Waals surface area (Å²) >= 11 is 0. The summed E-state index contributed by atoms with van der Waals surface area (Å²) in [7, 11) is 0. The quantitative estimate of drug-likeness (QED) is 0.800.